The zero-order valence-corrected chi connectivity index (χ0v) is 13.0. The Labute approximate surface area is 125 Å². The van der Waals surface area contributed by atoms with Crippen molar-refractivity contribution in [1.29, 1.82) is 0 Å². The summed E-state index contributed by atoms with van der Waals surface area (Å²) in [6.45, 7) is 3.64. The van der Waals surface area contributed by atoms with Gasteiger partial charge >= 0.3 is 5.97 Å². The lowest BCUT2D eigenvalue weighted by atomic mass is 10.0. The molecule has 6 heteroatoms. The van der Waals surface area contributed by atoms with Crippen LogP contribution < -0.4 is 0 Å². The molecule has 1 aromatic carbocycles. The van der Waals surface area contributed by atoms with E-state index in [0.29, 0.717) is 28.0 Å². The Morgan fingerprint density at radius 1 is 1.47 bits per heavy atom. The van der Waals surface area contributed by atoms with Gasteiger partial charge in [0, 0.05) is 28.5 Å². The molecule has 0 heterocycles. The van der Waals surface area contributed by atoms with Gasteiger partial charge in [-0.25, -0.2) is 4.79 Å². The molecule has 0 spiro atoms. The second-order valence-corrected chi connectivity index (χ2v) is 5.41. The normalized spacial score (nSPS) is 12.0. The number of halogens is 2. The summed E-state index contributed by atoms with van der Waals surface area (Å²) in [6, 6.07) is 3.87. The number of carboxylic acids is 1. The first-order valence-corrected chi connectivity index (χ1v) is 7.00. The Kier molecular flexibility index (Phi) is 5.82. The first-order chi connectivity index (χ1) is 8.88. The van der Waals surface area contributed by atoms with Crippen LogP contribution in [0.1, 0.15) is 31.9 Å². The van der Waals surface area contributed by atoms with Crippen LogP contribution in [-0.4, -0.2) is 28.4 Å². The van der Waals surface area contributed by atoms with Gasteiger partial charge in [-0.1, -0.05) is 34.5 Å². The van der Waals surface area contributed by atoms with E-state index in [4.69, 9.17) is 11.6 Å². The van der Waals surface area contributed by atoms with Crippen molar-refractivity contribution in [2.24, 2.45) is 0 Å². The maximum atomic E-state index is 11.7. The van der Waals surface area contributed by atoms with E-state index in [2.05, 4.69) is 15.9 Å². The van der Waals surface area contributed by atoms with Crippen LogP contribution in [0.25, 0.3) is 0 Å². The number of benzene rings is 1. The number of carbonyl (C=O) groups excluding carboxylic acids is 1. The van der Waals surface area contributed by atoms with Gasteiger partial charge in [-0.15, -0.1) is 0 Å². The molecule has 0 fully saturated rings. The standard InChI is InChI=1S/C13H15BrClNO3/c1-3-6-16(8(2)17)12(13(18)19)10-7-9(15)4-5-11(10)14/h4-5,7,12H,3,6H2,1-2H3,(H,18,19). The lowest BCUT2D eigenvalue weighted by Crippen LogP contribution is -2.38. The van der Waals surface area contributed by atoms with Gasteiger partial charge in [0.25, 0.3) is 0 Å². The summed E-state index contributed by atoms with van der Waals surface area (Å²) >= 11 is 9.22. The van der Waals surface area contributed by atoms with Crippen LogP contribution in [0.4, 0.5) is 0 Å². The van der Waals surface area contributed by atoms with Crippen molar-refractivity contribution in [2.75, 3.05) is 6.54 Å². The average molecular weight is 349 g/mol. The summed E-state index contributed by atoms with van der Waals surface area (Å²) in [5.74, 6) is -1.35. The molecule has 1 aromatic rings. The molecule has 0 saturated carbocycles. The van der Waals surface area contributed by atoms with E-state index in [1.807, 2.05) is 6.92 Å². The Morgan fingerprint density at radius 3 is 2.58 bits per heavy atom. The smallest absolute Gasteiger partial charge is 0.331 e. The van der Waals surface area contributed by atoms with Crippen molar-refractivity contribution < 1.29 is 14.7 Å². The van der Waals surface area contributed by atoms with Gasteiger partial charge in [0.05, 0.1) is 0 Å². The first-order valence-electron chi connectivity index (χ1n) is 5.83. The monoisotopic (exact) mass is 347 g/mol. The van der Waals surface area contributed by atoms with Crippen molar-refractivity contribution in [3.63, 3.8) is 0 Å². The molecule has 104 valence electrons. The molecule has 1 unspecified atom stereocenters. The molecular formula is C13H15BrClNO3. The number of nitrogens with zero attached hydrogens (tertiary/aromatic N) is 1. The summed E-state index contributed by atoms with van der Waals surface area (Å²) in [5.41, 5.74) is 0.476. The number of hydrogen-bond acceptors (Lipinski definition) is 2. The van der Waals surface area contributed by atoms with Gasteiger partial charge < -0.3 is 10.0 Å². The van der Waals surface area contributed by atoms with Gasteiger partial charge in [-0.2, -0.15) is 0 Å². The van der Waals surface area contributed by atoms with E-state index in [-0.39, 0.29) is 5.91 Å². The van der Waals surface area contributed by atoms with Crippen molar-refractivity contribution >= 4 is 39.4 Å². The van der Waals surface area contributed by atoms with Crippen molar-refractivity contribution in [2.45, 2.75) is 26.3 Å². The third kappa shape index (κ3) is 3.94. The van der Waals surface area contributed by atoms with Crippen LogP contribution in [0, 0.1) is 0 Å². The van der Waals surface area contributed by atoms with Crippen LogP contribution >= 0.6 is 27.5 Å². The minimum Gasteiger partial charge on any atom is -0.479 e. The molecule has 1 atom stereocenters. The first kappa shape index (κ1) is 16.0. The molecule has 1 N–H and O–H groups in total. The Hall–Kier alpha value is -1.07. The molecule has 0 saturated heterocycles. The van der Waals surface area contributed by atoms with Gasteiger partial charge in [-0.3, -0.25) is 4.79 Å². The van der Waals surface area contributed by atoms with E-state index in [1.165, 1.54) is 11.8 Å². The highest BCUT2D eigenvalue weighted by molar-refractivity contribution is 9.10. The second-order valence-electron chi connectivity index (χ2n) is 4.12. The summed E-state index contributed by atoms with van der Waals surface area (Å²) < 4.78 is 0.617. The fourth-order valence-corrected chi connectivity index (χ4v) is 2.51. The molecule has 0 aromatic heterocycles. The summed E-state index contributed by atoms with van der Waals surface area (Å²) in [7, 11) is 0. The average Bonchev–Trinajstić information content (AvgIpc) is 2.32. The van der Waals surface area contributed by atoms with E-state index in [9.17, 15) is 14.7 Å². The molecule has 0 aliphatic rings. The van der Waals surface area contributed by atoms with Gasteiger partial charge in [-0.05, 0) is 24.6 Å². The maximum Gasteiger partial charge on any atom is 0.331 e. The minimum absolute atomic E-state index is 0.277. The zero-order valence-electron chi connectivity index (χ0n) is 10.7. The van der Waals surface area contributed by atoms with Crippen LogP contribution in [-0.2, 0) is 9.59 Å². The molecule has 0 aliphatic carbocycles. The summed E-state index contributed by atoms with van der Waals surface area (Å²) in [4.78, 5) is 24.5. The Morgan fingerprint density at radius 2 is 2.11 bits per heavy atom. The number of aliphatic carboxylic acids is 1. The zero-order chi connectivity index (χ0) is 14.6. The van der Waals surface area contributed by atoms with E-state index < -0.39 is 12.0 Å². The molecule has 0 aliphatic heterocycles. The predicted molar refractivity (Wildman–Crippen MR) is 77.2 cm³/mol. The van der Waals surface area contributed by atoms with Crippen LogP contribution in [0.3, 0.4) is 0 Å². The number of amides is 1. The third-order valence-electron chi connectivity index (χ3n) is 2.67. The number of carbonyl (C=O) groups is 2. The highest BCUT2D eigenvalue weighted by Gasteiger charge is 2.30. The molecule has 4 nitrogen and oxygen atoms in total. The fraction of sp³-hybridized carbons (Fsp3) is 0.385. The molecular weight excluding hydrogens is 334 g/mol. The van der Waals surface area contributed by atoms with Crippen molar-refractivity contribution in [3.8, 4) is 0 Å². The minimum atomic E-state index is -1.08. The van der Waals surface area contributed by atoms with Gasteiger partial charge in [0.2, 0.25) is 5.91 Å². The van der Waals surface area contributed by atoms with E-state index >= 15 is 0 Å². The lowest BCUT2D eigenvalue weighted by molar-refractivity contribution is -0.149. The Balaban J connectivity index is 3.29. The fourth-order valence-electron chi connectivity index (χ4n) is 1.87. The third-order valence-corrected chi connectivity index (χ3v) is 3.62. The van der Waals surface area contributed by atoms with E-state index in [1.54, 1.807) is 18.2 Å². The maximum absolute atomic E-state index is 11.7. The number of carboxylic acid groups (broad SMARTS) is 1. The number of hydrogen-bond donors (Lipinski definition) is 1. The molecule has 1 amide bonds. The summed E-state index contributed by atoms with van der Waals surface area (Å²) in [6.07, 6.45) is 0.682. The van der Waals surface area contributed by atoms with Crippen LogP contribution in [0.5, 0.6) is 0 Å². The van der Waals surface area contributed by atoms with Crippen LogP contribution in [0.2, 0.25) is 5.02 Å². The topological polar surface area (TPSA) is 57.6 Å². The van der Waals surface area contributed by atoms with Crippen molar-refractivity contribution in [3.05, 3.63) is 33.3 Å². The molecule has 0 bridgehead atoms. The van der Waals surface area contributed by atoms with Crippen LogP contribution in [0.15, 0.2) is 22.7 Å². The number of rotatable bonds is 5. The highest BCUT2D eigenvalue weighted by atomic mass is 79.9. The molecule has 19 heavy (non-hydrogen) atoms. The second kappa shape index (κ2) is 6.91. The lowest BCUT2D eigenvalue weighted by Gasteiger charge is -2.28. The van der Waals surface area contributed by atoms with Gasteiger partial charge in [0.15, 0.2) is 6.04 Å². The van der Waals surface area contributed by atoms with Gasteiger partial charge in [0.1, 0.15) is 0 Å². The highest BCUT2D eigenvalue weighted by Crippen LogP contribution is 2.31. The quantitative estimate of drug-likeness (QED) is 0.886. The van der Waals surface area contributed by atoms with Crippen molar-refractivity contribution in [1.82, 2.24) is 4.90 Å². The predicted octanol–water partition coefficient (Wildman–Crippen LogP) is 3.49. The Bertz CT molecular complexity index is 493. The largest absolute Gasteiger partial charge is 0.479 e. The van der Waals surface area contributed by atoms with E-state index in [0.717, 1.165) is 0 Å². The summed E-state index contributed by atoms with van der Waals surface area (Å²) in [5, 5.41) is 9.86. The SMILES string of the molecule is CCCN(C(C)=O)C(C(=O)O)c1cc(Cl)ccc1Br. The molecule has 1 rings (SSSR count). The molecule has 0 radical (unpaired) electrons.